The van der Waals surface area contributed by atoms with Gasteiger partial charge in [0.15, 0.2) is 0 Å². The maximum atomic E-state index is 13.4. The molecule has 4 atom stereocenters. The summed E-state index contributed by atoms with van der Waals surface area (Å²) in [5.41, 5.74) is 8.43. The molecule has 0 spiro atoms. The number of carbonyl (C=O) groups is 2. The number of hydrogen-bond donors (Lipinski definition) is 1. The van der Waals surface area contributed by atoms with Crippen molar-refractivity contribution in [1.29, 1.82) is 0 Å². The van der Waals surface area contributed by atoms with Crippen molar-refractivity contribution in [3.63, 3.8) is 0 Å². The van der Waals surface area contributed by atoms with Gasteiger partial charge in [-0.2, -0.15) is 5.70 Å². The molecule has 3 aromatic rings. The van der Waals surface area contributed by atoms with Gasteiger partial charge in [-0.25, -0.2) is 0 Å². The van der Waals surface area contributed by atoms with Crippen molar-refractivity contribution in [2.24, 2.45) is 17.8 Å². The van der Waals surface area contributed by atoms with E-state index in [1.165, 1.54) is 7.11 Å². The van der Waals surface area contributed by atoms with E-state index in [-0.39, 0.29) is 59.6 Å². The van der Waals surface area contributed by atoms with E-state index in [0.717, 1.165) is 62.0 Å². The van der Waals surface area contributed by atoms with Crippen LogP contribution < -0.4 is 36.2 Å². The van der Waals surface area contributed by atoms with Crippen molar-refractivity contribution >= 4 is 70.6 Å². The first-order valence-electron chi connectivity index (χ1n) is 16.6. The third-order valence-electron chi connectivity index (χ3n) is 10.2. The fourth-order valence-corrected chi connectivity index (χ4v) is 7.51. The molecule has 3 aromatic heterocycles. The minimum absolute atomic E-state index is 0. The number of esters is 2. The Morgan fingerprint density at radius 3 is 2.39 bits per heavy atom. The number of nitrogens with zero attached hydrogens (tertiary/aromatic N) is 4. The van der Waals surface area contributed by atoms with E-state index in [1.807, 2.05) is 51.2 Å². The predicted molar refractivity (Wildman–Crippen MR) is 192 cm³/mol. The molecule has 1 aliphatic carbocycles. The van der Waals surface area contributed by atoms with Crippen LogP contribution in [0.3, 0.4) is 0 Å². The number of carbonyl (C=O) groups excluding carboxylic acids is 2. The van der Waals surface area contributed by atoms with Crippen LogP contribution in [0.15, 0.2) is 24.4 Å². The SMILES string of the molecule is C=Cc1c2[n-]c(c1C)/C=C1\[N-]C(C3=c4[n-]c(c(C)c4=C(O)[C@@H]3C(=O)OC)/C=c3\[n-]/c(c(C)c3CC)=C\2)[C@@H](CCC(=O)OC/C=C/C)[C@@H]1C.[Mg+2]. The predicted octanol–water partition coefficient (Wildman–Crippen LogP) is 2.85. The van der Waals surface area contributed by atoms with Gasteiger partial charge in [0.1, 0.15) is 18.3 Å². The van der Waals surface area contributed by atoms with Gasteiger partial charge >= 0.3 is 35.0 Å². The van der Waals surface area contributed by atoms with Crippen LogP contribution in [-0.2, 0) is 25.5 Å². The Morgan fingerprint density at radius 1 is 1.00 bits per heavy atom. The van der Waals surface area contributed by atoms with Crippen molar-refractivity contribution in [1.82, 2.24) is 15.0 Å². The number of ether oxygens (including phenoxy) is 2. The number of rotatable bonds is 8. The van der Waals surface area contributed by atoms with Crippen LogP contribution in [-0.4, -0.2) is 59.9 Å². The molecule has 6 rings (SSSR count). The van der Waals surface area contributed by atoms with Crippen LogP contribution in [0, 0.1) is 38.5 Å². The Bertz CT molecular complexity index is 2140. The Labute approximate surface area is 302 Å². The van der Waals surface area contributed by atoms with Gasteiger partial charge in [0, 0.05) is 11.6 Å². The van der Waals surface area contributed by atoms with Crippen molar-refractivity contribution in [2.45, 2.75) is 66.8 Å². The summed E-state index contributed by atoms with van der Waals surface area (Å²) in [4.78, 5) is 41.3. The number of hydrogen-bond acceptors (Lipinski definition) is 5. The topological polar surface area (TPSA) is 129 Å². The van der Waals surface area contributed by atoms with Gasteiger partial charge < -0.3 is 34.8 Å². The van der Waals surface area contributed by atoms with E-state index < -0.39 is 17.9 Å². The van der Waals surface area contributed by atoms with Gasteiger partial charge in [-0.1, -0.05) is 90.8 Å². The Morgan fingerprint density at radius 2 is 1.71 bits per heavy atom. The van der Waals surface area contributed by atoms with Crippen LogP contribution in [0.2, 0.25) is 0 Å². The minimum Gasteiger partial charge on any atom is -0.681 e. The molecule has 10 heteroatoms. The van der Waals surface area contributed by atoms with E-state index in [2.05, 4.69) is 27.4 Å². The Hall–Kier alpha value is -4.15. The summed E-state index contributed by atoms with van der Waals surface area (Å²) in [6.45, 7) is 16.4. The second-order valence-corrected chi connectivity index (χ2v) is 12.8. The van der Waals surface area contributed by atoms with Crippen LogP contribution >= 0.6 is 0 Å². The number of fused-ring (bicyclic) bond motifs is 8. The fourth-order valence-electron chi connectivity index (χ4n) is 7.51. The first-order valence-corrected chi connectivity index (χ1v) is 16.6. The molecule has 5 heterocycles. The monoisotopic (exact) mass is 670 g/mol. The van der Waals surface area contributed by atoms with Crippen molar-refractivity contribution in [3.8, 4) is 0 Å². The molecule has 0 radical (unpaired) electrons. The number of allylic oxidation sites excluding steroid dienone is 2. The molecular formula is C39H42MgN4O5-2. The Balaban J connectivity index is 0.00000468. The normalized spacial score (nSPS) is 23.1. The van der Waals surface area contributed by atoms with Crippen molar-refractivity contribution in [2.75, 3.05) is 13.7 Å². The molecule has 1 unspecified atom stereocenters. The number of aliphatic hydroxyl groups is 1. The average molecular weight is 671 g/mol. The molecule has 0 saturated carbocycles. The van der Waals surface area contributed by atoms with Crippen LogP contribution in [0.1, 0.15) is 78.5 Å². The number of aliphatic hydroxyl groups excluding tert-OH is 1. The fraction of sp³-hybridized carbons (Fsp3) is 0.385. The molecule has 9 nitrogen and oxygen atoms in total. The smallest absolute Gasteiger partial charge is 0.681 e. The second kappa shape index (κ2) is 14.4. The molecular weight excluding hydrogens is 629 g/mol. The quantitative estimate of drug-likeness (QED) is 0.220. The van der Waals surface area contributed by atoms with E-state index in [1.54, 1.807) is 6.08 Å². The summed E-state index contributed by atoms with van der Waals surface area (Å²) in [5, 5.41) is 19.7. The van der Waals surface area contributed by atoms with Gasteiger partial charge in [0.2, 0.25) is 0 Å². The summed E-state index contributed by atoms with van der Waals surface area (Å²) in [6, 6.07) is -0.561. The molecule has 8 bridgehead atoms. The van der Waals surface area contributed by atoms with Gasteiger partial charge in [0.05, 0.1) is 7.11 Å². The zero-order chi connectivity index (χ0) is 34.4. The van der Waals surface area contributed by atoms with Crippen LogP contribution in [0.5, 0.6) is 0 Å². The molecule has 3 aliphatic rings. The molecule has 2 aliphatic heterocycles. The van der Waals surface area contributed by atoms with Gasteiger partial charge in [0.25, 0.3) is 0 Å². The molecule has 0 aromatic carbocycles. The molecule has 0 amide bonds. The second-order valence-electron chi connectivity index (χ2n) is 12.8. The summed E-state index contributed by atoms with van der Waals surface area (Å²) < 4.78 is 10.7. The first-order chi connectivity index (χ1) is 23.0. The van der Waals surface area contributed by atoms with Crippen molar-refractivity contribution in [3.05, 3.63) is 95.9 Å². The van der Waals surface area contributed by atoms with E-state index in [4.69, 9.17) is 29.7 Å². The third-order valence-corrected chi connectivity index (χ3v) is 10.2. The minimum atomic E-state index is -1.06. The van der Waals surface area contributed by atoms with Gasteiger partial charge in [-0.15, -0.1) is 33.1 Å². The third kappa shape index (κ3) is 6.14. The van der Waals surface area contributed by atoms with Gasteiger partial charge in [-0.3, -0.25) is 9.59 Å². The van der Waals surface area contributed by atoms with Crippen LogP contribution in [0.25, 0.3) is 41.0 Å². The number of methoxy groups -OCH3 is 1. The Kier molecular flexibility index (Phi) is 10.6. The largest absolute Gasteiger partial charge is 2.00 e. The zero-order valence-electron chi connectivity index (χ0n) is 29.4. The summed E-state index contributed by atoms with van der Waals surface area (Å²) in [5.74, 6) is -2.35. The zero-order valence-corrected chi connectivity index (χ0v) is 30.8. The molecule has 252 valence electrons. The maximum Gasteiger partial charge on any atom is 2.00 e. The summed E-state index contributed by atoms with van der Waals surface area (Å²) >= 11 is 0. The number of aromatic nitrogens is 3. The van der Waals surface area contributed by atoms with Crippen molar-refractivity contribution < 1.29 is 24.2 Å². The van der Waals surface area contributed by atoms with E-state index in [0.29, 0.717) is 28.3 Å². The molecule has 1 fully saturated rings. The van der Waals surface area contributed by atoms with Crippen LogP contribution in [0.4, 0.5) is 0 Å². The molecule has 49 heavy (non-hydrogen) atoms. The summed E-state index contributed by atoms with van der Waals surface area (Å²) in [6.07, 6.45) is 12.8. The van der Waals surface area contributed by atoms with E-state index >= 15 is 0 Å². The molecule has 1 saturated heterocycles. The summed E-state index contributed by atoms with van der Waals surface area (Å²) in [7, 11) is 1.31. The first kappa shape index (κ1) is 36.1. The standard InChI is InChI=1S/C39H42N4O5.Mg/c1-9-12-15-48-32(44)14-13-25-21(6)28-16-26-19(4)23(10-2)30(40-26)17-27-20(5)24(11-3)31(41-27)18-29-22(7)33-37(43-29)34(36(25)42-28)35(38(33)45)39(46)47-8;/h9-10,12,16-18,21,25,35-36,45H,2,11,13-15H2,1,3-8H3;/q-4;+2/b12-9+,27-17-,28-16-,31-18-;/t21-,25-,35+,36?;/m0./s1. The van der Waals surface area contributed by atoms with E-state index in [9.17, 15) is 14.7 Å². The van der Waals surface area contributed by atoms with Gasteiger partial charge in [-0.05, 0) is 57.9 Å². The maximum absolute atomic E-state index is 13.4. The molecule has 1 N–H and O–H groups in total. The average Bonchev–Trinajstić information content (AvgIpc) is 3.80.